The Morgan fingerprint density at radius 1 is 0.875 bits per heavy atom. The molecule has 3 aliphatic rings. The number of amides is 2. The van der Waals surface area contributed by atoms with Gasteiger partial charge in [-0.2, -0.15) is 0 Å². The summed E-state index contributed by atoms with van der Waals surface area (Å²) in [5.74, 6) is 1.47. The van der Waals surface area contributed by atoms with E-state index in [0.29, 0.717) is 12.5 Å². The number of likely N-dealkylation sites (tertiary alicyclic amines) is 2. The van der Waals surface area contributed by atoms with Crippen molar-refractivity contribution in [3.63, 3.8) is 0 Å². The van der Waals surface area contributed by atoms with Gasteiger partial charge in [-0.1, -0.05) is 42.5 Å². The topological polar surface area (TPSA) is 43.9 Å². The van der Waals surface area contributed by atoms with Crippen molar-refractivity contribution in [3.8, 4) is 0 Å². The molecule has 2 amide bonds. The maximum atomic E-state index is 13.6. The Hall–Kier alpha value is -2.31. The summed E-state index contributed by atoms with van der Waals surface area (Å²) < 4.78 is 0. The zero-order valence-corrected chi connectivity index (χ0v) is 19.3. The lowest BCUT2D eigenvalue weighted by molar-refractivity contribution is -0.136. The maximum absolute atomic E-state index is 13.6. The van der Waals surface area contributed by atoms with E-state index in [1.54, 1.807) is 0 Å². The van der Waals surface area contributed by atoms with Crippen LogP contribution in [0, 0.1) is 5.92 Å². The Kier molecular flexibility index (Phi) is 6.51. The van der Waals surface area contributed by atoms with Crippen molar-refractivity contribution in [1.82, 2.24) is 9.80 Å². The second kappa shape index (κ2) is 9.67. The van der Waals surface area contributed by atoms with E-state index in [4.69, 9.17) is 0 Å². The van der Waals surface area contributed by atoms with E-state index in [-0.39, 0.29) is 17.9 Å². The smallest absolute Gasteiger partial charge is 0.241 e. The number of carbonyl (C=O) groups excluding carboxylic acids is 2. The molecular formula is C26H31N3O2S. The van der Waals surface area contributed by atoms with Crippen molar-refractivity contribution in [2.75, 3.05) is 43.4 Å². The third-order valence-electron chi connectivity index (χ3n) is 7.00. The van der Waals surface area contributed by atoms with Crippen LogP contribution in [0.4, 0.5) is 5.69 Å². The highest BCUT2D eigenvalue weighted by molar-refractivity contribution is 7.99. The summed E-state index contributed by atoms with van der Waals surface area (Å²) in [6, 6.07) is 18.6. The number of carbonyl (C=O) groups is 2. The molecule has 2 saturated heterocycles. The van der Waals surface area contributed by atoms with E-state index < -0.39 is 0 Å². The standard InChI is InChI=1S/C26H31N3O2S/c30-25(18-27-16-12-21(13-17-27)26(31)28-14-6-7-15-28)29-22-10-4-5-11-24(22)32-19-23(29)20-8-2-1-3-9-20/h1-5,8-11,21,23H,6-7,12-19H2. The van der Waals surface area contributed by atoms with Crippen molar-refractivity contribution in [3.05, 3.63) is 60.2 Å². The fourth-order valence-corrected chi connectivity index (χ4v) is 6.39. The molecule has 0 bridgehead atoms. The molecule has 168 valence electrons. The molecule has 1 atom stereocenters. The first-order valence-corrected chi connectivity index (χ1v) is 12.8. The van der Waals surface area contributed by atoms with Crippen molar-refractivity contribution in [2.45, 2.75) is 36.6 Å². The van der Waals surface area contributed by atoms with Crippen LogP contribution in [0.1, 0.15) is 37.3 Å². The summed E-state index contributed by atoms with van der Waals surface area (Å²) in [6.45, 7) is 3.88. The SMILES string of the molecule is O=C(C1CCN(CC(=O)N2c3ccccc3SCC2c2ccccc2)CC1)N1CCCC1. The average Bonchev–Trinajstić information content (AvgIpc) is 3.39. The Balaban J connectivity index is 1.27. The second-order valence-corrected chi connectivity index (χ2v) is 10.1. The van der Waals surface area contributed by atoms with Crippen LogP contribution in [0.5, 0.6) is 0 Å². The van der Waals surface area contributed by atoms with E-state index in [0.717, 1.165) is 63.3 Å². The van der Waals surface area contributed by atoms with Crippen LogP contribution in [-0.4, -0.2) is 60.1 Å². The molecule has 2 aromatic carbocycles. The molecule has 0 aromatic heterocycles. The molecule has 2 aromatic rings. The molecule has 3 aliphatic heterocycles. The first-order valence-electron chi connectivity index (χ1n) is 11.8. The lowest BCUT2D eigenvalue weighted by Gasteiger charge is -2.39. The minimum Gasteiger partial charge on any atom is -0.342 e. The van der Waals surface area contributed by atoms with Crippen LogP contribution in [0.2, 0.25) is 0 Å². The fourth-order valence-electron chi connectivity index (χ4n) is 5.22. The van der Waals surface area contributed by atoms with Gasteiger partial charge in [-0.15, -0.1) is 11.8 Å². The minimum atomic E-state index is 0.0397. The predicted molar refractivity (Wildman–Crippen MR) is 129 cm³/mol. The molecule has 0 saturated carbocycles. The Morgan fingerprint density at radius 3 is 2.31 bits per heavy atom. The van der Waals surface area contributed by atoms with Gasteiger partial charge in [-0.3, -0.25) is 14.5 Å². The van der Waals surface area contributed by atoms with E-state index in [1.165, 1.54) is 10.5 Å². The van der Waals surface area contributed by atoms with Crippen LogP contribution >= 0.6 is 11.8 Å². The van der Waals surface area contributed by atoms with E-state index >= 15 is 0 Å². The van der Waals surface area contributed by atoms with Crippen molar-refractivity contribution in [1.29, 1.82) is 0 Å². The number of para-hydroxylation sites is 1. The quantitative estimate of drug-likeness (QED) is 0.702. The van der Waals surface area contributed by atoms with Crippen molar-refractivity contribution in [2.24, 2.45) is 5.92 Å². The summed E-state index contributed by atoms with van der Waals surface area (Å²) in [6.07, 6.45) is 3.99. The van der Waals surface area contributed by atoms with E-state index in [9.17, 15) is 9.59 Å². The highest BCUT2D eigenvalue weighted by Crippen LogP contribution is 2.43. The van der Waals surface area contributed by atoms with Crippen LogP contribution in [-0.2, 0) is 9.59 Å². The molecule has 0 radical (unpaired) electrons. The summed E-state index contributed by atoms with van der Waals surface area (Å²) in [5, 5.41) is 0. The van der Waals surface area contributed by atoms with Crippen molar-refractivity contribution < 1.29 is 9.59 Å². The normalized spacial score (nSPS) is 22.1. The van der Waals surface area contributed by atoms with E-state index in [1.807, 2.05) is 51.9 Å². The van der Waals surface area contributed by atoms with E-state index in [2.05, 4.69) is 29.2 Å². The van der Waals surface area contributed by atoms with Crippen LogP contribution in [0.25, 0.3) is 0 Å². The Bertz CT molecular complexity index is 953. The number of benzene rings is 2. The van der Waals surface area contributed by atoms with Gasteiger partial charge in [-0.25, -0.2) is 0 Å². The predicted octanol–water partition coefficient (Wildman–Crippen LogP) is 4.20. The summed E-state index contributed by atoms with van der Waals surface area (Å²) in [7, 11) is 0. The molecule has 32 heavy (non-hydrogen) atoms. The van der Waals surface area contributed by atoms with Gasteiger partial charge < -0.3 is 9.80 Å². The Labute approximate surface area is 194 Å². The highest BCUT2D eigenvalue weighted by atomic mass is 32.2. The average molecular weight is 450 g/mol. The molecule has 5 nitrogen and oxygen atoms in total. The number of nitrogens with zero attached hydrogens (tertiary/aromatic N) is 3. The molecular weight excluding hydrogens is 418 g/mol. The largest absolute Gasteiger partial charge is 0.342 e. The summed E-state index contributed by atoms with van der Waals surface area (Å²) in [5.41, 5.74) is 2.19. The van der Waals surface area contributed by atoms with Crippen LogP contribution in [0.15, 0.2) is 59.5 Å². The van der Waals surface area contributed by atoms with Crippen LogP contribution in [0.3, 0.4) is 0 Å². The molecule has 2 fully saturated rings. The first kappa shape index (κ1) is 21.5. The third kappa shape index (κ3) is 4.44. The number of piperidine rings is 1. The van der Waals surface area contributed by atoms with Crippen molar-refractivity contribution >= 4 is 29.3 Å². The molecule has 0 spiro atoms. The molecule has 5 rings (SSSR count). The number of rotatable bonds is 4. The summed E-state index contributed by atoms with van der Waals surface area (Å²) >= 11 is 1.82. The molecule has 3 heterocycles. The number of hydrogen-bond acceptors (Lipinski definition) is 4. The van der Waals surface area contributed by atoms with Gasteiger partial charge in [0.15, 0.2) is 0 Å². The summed E-state index contributed by atoms with van der Waals surface area (Å²) in [4.78, 5) is 33.8. The fraction of sp³-hybridized carbons (Fsp3) is 0.462. The molecule has 0 N–H and O–H groups in total. The van der Waals surface area contributed by atoms with Gasteiger partial charge in [0, 0.05) is 29.7 Å². The van der Waals surface area contributed by atoms with Gasteiger partial charge >= 0.3 is 0 Å². The zero-order chi connectivity index (χ0) is 21.9. The van der Waals surface area contributed by atoms with Gasteiger partial charge in [0.2, 0.25) is 11.8 Å². The number of anilines is 1. The lowest BCUT2D eigenvalue weighted by Crippen LogP contribution is -2.48. The molecule has 1 unspecified atom stereocenters. The molecule has 6 heteroatoms. The van der Waals surface area contributed by atoms with Gasteiger partial charge in [-0.05, 0) is 56.5 Å². The Morgan fingerprint density at radius 2 is 1.56 bits per heavy atom. The number of thioether (sulfide) groups is 1. The minimum absolute atomic E-state index is 0.0397. The third-order valence-corrected chi connectivity index (χ3v) is 8.14. The molecule has 0 aliphatic carbocycles. The second-order valence-electron chi connectivity index (χ2n) is 9.05. The number of hydrogen-bond donors (Lipinski definition) is 0. The maximum Gasteiger partial charge on any atom is 0.241 e. The van der Waals surface area contributed by atoms with Gasteiger partial charge in [0.05, 0.1) is 18.3 Å². The number of fused-ring (bicyclic) bond motifs is 1. The van der Waals surface area contributed by atoms with Crippen LogP contribution < -0.4 is 4.90 Å². The highest BCUT2D eigenvalue weighted by Gasteiger charge is 2.35. The van der Waals surface area contributed by atoms with Gasteiger partial charge in [0.1, 0.15) is 0 Å². The lowest BCUT2D eigenvalue weighted by atomic mass is 9.95. The zero-order valence-electron chi connectivity index (χ0n) is 18.5. The first-order chi connectivity index (χ1) is 15.7. The monoisotopic (exact) mass is 449 g/mol. The van der Waals surface area contributed by atoms with Gasteiger partial charge in [0.25, 0.3) is 0 Å².